The lowest BCUT2D eigenvalue weighted by molar-refractivity contribution is -0.128. The van der Waals surface area contributed by atoms with Gasteiger partial charge in [-0.2, -0.15) is 0 Å². The molecule has 3 heteroatoms. The van der Waals surface area contributed by atoms with Gasteiger partial charge in [-0.25, -0.2) is 0 Å². The minimum atomic E-state index is 0.257. The monoisotopic (exact) mass is 282 g/mol. The van der Waals surface area contributed by atoms with Gasteiger partial charge in [-0.05, 0) is 38.3 Å². The Morgan fingerprint density at radius 2 is 1.85 bits per heavy atom. The van der Waals surface area contributed by atoms with Gasteiger partial charge >= 0.3 is 0 Å². The van der Waals surface area contributed by atoms with Crippen LogP contribution in [0.5, 0.6) is 0 Å². The Hall–Kier alpha value is -0.410. The summed E-state index contributed by atoms with van der Waals surface area (Å²) in [5, 5.41) is 0. The molecule has 3 unspecified atom stereocenters. The van der Waals surface area contributed by atoms with E-state index in [4.69, 9.17) is 0 Å². The van der Waals surface area contributed by atoms with Crippen molar-refractivity contribution in [3.63, 3.8) is 0 Å². The summed E-state index contributed by atoms with van der Waals surface area (Å²) in [6.45, 7) is 13.2. The molecule has 0 N–H and O–H groups in total. The van der Waals surface area contributed by atoms with Crippen LogP contribution in [0.15, 0.2) is 0 Å². The SMILES string of the molecule is CC(C)CN(CCN(C)C)CC1C(=O)CC(C)CC1C. The fourth-order valence-corrected chi connectivity index (χ4v) is 3.37. The summed E-state index contributed by atoms with van der Waals surface area (Å²) in [5.41, 5.74) is 0. The van der Waals surface area contributed by atoms with Crippen LogP contribution in [-0.2, 0) is 4.79 Å². The van der Waals surface area contributed by atoms with Crippen molar-refractivity contribution in [1.29, 1.82) is 0 Å². The fourth-order valence-electron chi connectivity index (χ4n) is 3.37. The topological polar surface area (TPSA) is 23.6 Å². The maximum Gasteiger partial charge on any atom is 0.137 e. The first-order valence-electron chi connectivity index (χ1n) is 8.19. The van der Waals surface area contributed by atoms with Crippen LogP contribution in [0.3, 0.4) is 0 Å². The largest absolute Gasteiger partial charge is 0.308 e. The molecule has 1 aliphatic carbocycles. The highest BCUT2D eigenvalue weighted by atomic mass is 16.1. The highest BCUT2D eigenvalue weighted by Crippen LogP contribution is 2.31. The smallest absolute Gasteiger partial charge is 0.137 e. The van der Waals surface area contributed by atoms with Crippen molar-refractivity contribution in [2.45, 2.75) is 40.5 Å². The van der Waals surface area contributed by atoms with Crippen molar-refractivity contribution < 1.29 is 4.79 Å². The predicted molar refractivity (Wildman–Crippen MR) is 85.9 cm³/mol. The van der Waals surface area contributed by atoms with E-state index in [1.165, 1.54) is 6.42 Å². The lowest BCUT2D eigenvalue weighted by Crippen LogP contribution is -2.43. The molecule has 1 rings (SSSR count). The average molecular weight is 282 g/mol. The van der Waals surface area contributed by atoms with E-state index < -0.39 is 0 Å². The van der Waals surface area contributed by atoms with Crippen molar-refractivity contribution >= 4 is 5.78 Å². The van der Waals surface area contributed by atoms with Gasteiger partial charge in [0.25, 0.3) is 0 Å². The average Bonchev–Trinajstić information content (AvgIpc) is 2.29. The van der Waals surface area contributed by atoms with Gasteiger partial charge in [-0.3, -0.25) is 4.79 Å². The van der Waals surface area contributed by atoms with Crippen LogP contribution in [-0.4, -0.2) is 55.9 Å². The van der Waals surface area contributed by atoms with Gasteiger partial charge in [0, 0.05) is 38.5 Å². The van der Waals surface area contributed by atoms with Crippen molar-refractivity contribution in [3.8, 4) is 0 Å². The van der Waals surface area contributed by atoms with Crippen molar-refractivity contribution in [3.05, 3.63) is 0 Å². The van der Waals surface area contributed by atoms with E-state index in [1.807, 2.05) is 0 Å². The molecule has 0 heterocycles. The number of rotatable bonds is 7. The number of nitrogens with zero attached hydrogens (tertiary/aromatic N) is 2. The summed E-state index contributed by atoms with van der Waals surface area (Å²) in [6, 6.07) is 0. The van der Waals surface area contributed by atoms with E-state index in [9.17, 15) is 4.79 Å². The van der Waals surface area contributed by atoms with Gasteiger partial charge in [0.05, 0.1) is 0 Å². The minimum Gasteiger partial charge on any atom is -0.308 e. The molecule has 118 valence electrons. The Morgan fingerprint density at radius 1 is 1.20 bits per heavy atom. The molecule has 1 aliphatic rings. The van der Waals surface area contributed by atoms with Crippen LogP contribution in [0.25, 0.3) is 0 Å². The van der Waals surface area contributed by atoms with Gasteiger partial charge in [0.15, 0.2) is 0 Å². The standard InChI is InChI=1S/C17H34N2O/c1-13(2)11-19(8-7-18(5)6)12-16-15(4)9-14(3)10-17(16)20/h13-16H,7-12H2,1-6H3. The zero-order chi connectivity index (χ0) is 15.3. The normalized spacial score (nSPS) is 27.9. The molecular formula is C17H34N2O. The third-order valence-corrected chi connectivity index (χ3v) is 4.37. The molecule has 1 fully saturated rings. The molecule has 0 radical (unpaired) electrons. The number of carbonyl (C=O) groups excluding carboxylic acids is 1. The molecule has 3 nitrogen and oxygen atoms in total. The minimum absolute atomic E-state index is 0.257. The summed E-state index contributed by atoms with van der Waals surface area (Å²) < 4.78 is 0. The fraction of sp³-hybridized carbons (Fsp3) is 0.941. The van der Waals surface area contributed by atoms with Crippen LogP contribution in [0.4, 0.5) is 0 Å². The van der Waals surface area contributed by atoms with E-state index in [0.29, 0.717) is 23.5 Å². The van der Waals surface area contributed by atoms with E-state index in [1.54, 1.807) is 0 Å². The molecule has 0 aromatic rings. The van der Waals surface area contributed by atoms with Gasteiger partial charge in [0.1, 0.15) is 5.78 Å². The summed E-state index contributed by atoms with van der Waals surface area (Å²) in [7, 11) is 4.23. The number of ketones is 1. The number of carbonyl (C=O) groups is 1. The number of hydrogen-bond acceptors (Lipinski definition) is 3. The Kier molecular flexibility index (Phi) is 7.18. The van der Waals surface area contributed by atoms with Gasteiger partial charge in [-0.15, -0.1) is 0 Å². The van der Waals surface area contributed by atoms with Gasteiger partial charge < -0.3 is 9.80 Å². The molecule has 1 saturated carbocycles. The van der Waals surface area contributed by atoms with Crippen LogP contribution in [0.2, 0.25) is 0 Å². The molecule has 0 saturated heterocycles. The summed E-state index contributed by atoms with van der Waals surface area (Å²) in [5.74, 6) is 2.53. The number of hydrogen-bond donors (Lipinski definition) is 0. The van der Waals surface area contributed by atoms with Crippen LogP contribution in [0.1, 0.15) is 40.5 Å². The van der Waals surface area contributed by atoms with Crippen molar-refractivity contribution in [1.82, 2.24) is 9.80 Å². The lowest BCUT2D eigenvalue weighted by Gasteiger charge is -2.36. The molecule has 0 aromatic heterocycles. The van der Waals surface area contributed by atoms with Crippen molar-refractivity contribution in [2.24, 2.45) is 23.7 Å². The lowest BCUT2D eigenvalue weighted by atomic mass is 9.74. The van der Waals surface area contributed by atoms with Crippen molar-refractivity contribution in [2.75, 3.05) is 40.3 Å². The summed E-state index contributed by atoms with van der Waals surface area (Å²) >= 11 is 0. The van der Waals surface area contributed by atoms with E-state index >= 15 is 0 Å². The van der Waals surface area contributed by atoms with Crippen LogP contribution >= 0.6 is 0 Å². The number of Topliss-reactive ketones (excluding diaryl/α,β-unsaturated/α-hetero) is 1. The van der Waals surface area contributed by atoms with Crippen LogP contribution < -0.4 is 0 Å². The zero-order valence-corrected chi connectivity index (χ0v) is 14.4. The third-order valence-electron chi connectivity index (χ3n) is 4.37. The molecule has 20 heavy (non-hydrogen) atoms. The van der Waals surface area contributed by atoms with Gasteiger partial charge in [0.2, 0.25) is 0 Å². The molecule has 0 aliphatic heterocycles. The second-order valence-corrected chi connectivity index (χ2v) is 7.55. The molecule has 0 bridgehead atoms. The zero-order valence-electron chi connectivity index (χ0n) is 14.4. The number of likely N-dealkylation sites (N-methyl/N-ethyl adjacent to an activating group) is 1. The molecule has 0 aromatic carbocycles. The highest BCUT2D eigenvalue weighted by Gasteiger charge is 2.33. The maximum atomic E-state index is 12.3. The Morgan fingerprint density at radius 3 is 2.35 bits per heavy atom. The van der Waals surface area contributed by atoms with Gasteiger partial charge in [-0.1, -0.05) is 27.7 Å². The first-order valence-corrected chi connectivity index (χ1v) is 8.19. The third kappa shape index (κ3) is 5.92. The quantitative estimate of drug-likeness (QED) is 0.717. The first kappa shape index (κ1) is 17.6. The summed E-state index contributed by atoms with van der Waals surface area (Å²) in [6.07, 6.45) is 2.00. The van der Waals surface area contributed by atoms with E-state index in [-0.39, 0.29) is 5.92 Å². The molecular weight excluding hydrogens is 248 g/mol. The Balaban J connectivity index is 2.60. The molecule has 0 amide bonds. The maximum absolute atomic E-state index is 12.3. The van der Waals surface area contributed by atoms with E-state index in [2.05, 4.69) is 51.6 Å². The molecule has 0 spiro atoms. The van der Waals surface area contributed by atoms with Crippen LogP contribution in [0, 0.1) is 23.7 Å². The first-order chi connectivity index (χ1) is 9.29. The summed E-state index contributed by atoms with van der Waals surface area (Å²) in [4.78, 5) is 17.1. The van der Waals surface area contributed by atoms with E-state index in [0.717, 1.165) is 32.6 Å². The Bertz CT molecular complexity index is 301. The second-order valence-electron chi connectivity index (χ2n) is 7.55. The predicted octanol–water partition coefficient (Wildman–Crippen LogP) is 2.76. The highest BCUT2D eigenvalue weighted by molar-refractivity contribution is 5.82. The second kappa shape index (κ2) is 8.14. The molecule has 3 atom stereocenters. The Labute approximate surface area is 125 Å².